The molecule has 3 nitrogen and oxygen atoms in total. The molecule has 0 radical (unpaired) electrons. The van der Waals surface area contributed by atoms with Crippen molar-refractivity contribution in [3.8, 4) is 0 Å². The van der Waals surface area contributed by atoms with Gasteiger partial charge in [-0.05, 0) is 28.4 Å². The molecular formula is C8H10BrFN2O. The maximum atomic E-state index is 13.2. The topological polar surface area (TPSA) is 59.1 Å². The van der Waals surface area contributed by atoms with Gasteiger partial charge >= 0.3 is 0 Å². The van der Waals surface area contributed by atoms with Crippen LogP contribution in [0.5, 0.6) is 0 Å². The predicted octanol–water partition coefficient (Wildman–Crippen LogP) is 1.37. The van der Waals surface area contributed by atoms with E-state index in [1.54, 1.807) is 0 Å². The first-order valence-corrected chi connectivity index (χ1v) is 4.62. The smallest absolute Gasteiger partial charge is 0.147 e. The van der Waals surface area contributed by atoms with Gasteiger partial charge in [0.15, 0.2) is 0 Å². The molecule has 0 aliphatic rings. The summed E-state index contributed by atoms with van der Waals surface area (Å²) in [5.74, 6) is -0.449. The molecule has 0 aromatic carbocycles. The maximum absolute atomic E-state index is 13.2. The Morgan fingerprint density at radius 3 is 2.92 bits per heavy atom. The summed E-state index contributed by atoms with van der Waals surface area (Å²) in [6.45, 7) is -0.0711. The molecule has 1 aromatic rings. The van der Waals surface area contributed by atoms with Crippen LogP contribution in [0.1, 0.15) is 18.2 Å². The lowest BCUT2D eigenvalue weighted by Gasteiger charge is -2.09. The fourth-order valence-electron chi connectivity index (χ4n) is 0.974. The zero-order valence-corrected chi connectivity index (χ0v) is 8.46. The van der Waals surface area contributed by atoms with Crippen LogP contribution in [-0.4, -0.2) is 16.7 Å². The standard InChI is InChI=1S/C8H10BrFN2O/c9-5-3-6(10)8(12-4-5)7(11)1-2-13/h3-4,7,13H,1-2,11H2/t7-/m0/s1. The summed E-state index contributed by atoms with van der Waals surface area (Å²) >= 11 is 3.09. The summed E-state index contributed by atoms with van der Waals surface area (Å²) in [6, 6.07) is 0.762. The first-order valence-electron chi connectivity index (χ1n) is 3.82. The van der Waals surface area contributed by atoms with Crippen molar-refractivity contribution in [2.75, 3.05) is 6.61 Å². The number of aromatic nitrogens is 1. The van der Waals surface area contributed by atoms with Gasteiger partial charge in [0, 0.05) is 17.3 Å². The molecule has 1 rings (SSSR count). The first kappa shape index (κ1) is 10.6. The minimum Gasteiger partial charge on any atom is -0.396 e. The number of hydrogen-bond donors (Lipinski definition) is 2. The highest BCUT2D eigenvalue weighted by Gasteiger charge is 2.12. The fraction of sp³-hybridized carbons (Fsp3) is 0.375. The predicted molar refractivity (Wildman–Crippen MR) is 50.5 cm³/mol. The molecule has 0 saturated heterocycles. The van der Waals surface area contributed by atoms with Crippen LogP contribution < -0.4 is 5.73 Å². The van der Waals surface area contributed by atoms with E-state index in [-0.39, 0.29) is 12.3 Å². The third-order valence-electron chi connectivity index (χ3n) is 1.63. The van der Waals surface area contributed by atoms with Crippen LogP contribution in [0.15, 0.2) is 16.7 Å². The number of hydrogen-bond acceptors (Lipinski definition) is 3. The Morgan fingerprint density at radius 1 is 1.69 bits per heavy atom. The Morgan fingerprint density at radius 2 is 2.38 bits per heavy atom. The van der Waals surface area contributed by atoms with Crippen molar-refractivity contribution >= 4 is 15.9 Å². The molecule has 3 N–H and O–H groups in total. The van der Waals surface area contributed by atoms with Crippen LogP contribution in [0.25, 0.3) is 0 Å². The third-order valence-corrected chi connectivity index (χ3v) is 2.06. The van der Waals surface area contributed by atoms with E-state index in [4.69, 9.17) is 10.8 Å². The summed E-state index contributed by atoms with van der Waals surface area (Å²) in [4.78, 5) is 3.84. The number of aliphatic hydroxyl groups is 1. The second kappa shape index (κ2) is 4.64. The molecule has 0 amide bonds. The van der Waals surface area contributed by atoms with E-state index in [1.165, 1.54) is 12.3 Å². The van der Waals surface area contributed by atoms with Crippen LogP contribution in [0.4, 0.5) is 4.39 Å². The molecule has 0 unspecified atom stereocenters. The highest BCUT2D eigenvalue weighted by atomic mass is 79.9. The Bertz CT molecular complexity index is 295. The maximum Gasteiger partial charge on any atom is 0.147 e. The van der Waals surface area contributed by atoms with Gasteiger partial charge in [0.05, 0.1) is 11.7 Å². The van der Waals surface area contributed by atoms with Crippen LogP contribution in [0, 0.1) is 5.82 Å². The van der Waals surface area contributed by atoms with Crippen molar-refractivity contribution in [2.45, 2.75) is 12.5 Å². The second-order valence-electron chi connectivity index (χ2n) is 2.64. The number of nitrogens with two attached hydrogens (primary N) is 1. The summed E-state index contributed by atoms with van der Waals surface area (Å²) in [5.41, 5.74) is 5.77. The van der Waals surface area contributed by atoms with E-state index in [0.717, 1.165) is 0 Å². The number of nitrogens with zero attached hydrogens (tertiary/aromatic N) is 1. The molecular weight excluding hydrogens is 239 g/mol. The van der Waals surface area contributed by atoms with Crippen molar-refractivity contribution in [1.82, 2.24) is 4.98 Å². The summed E-state index contributed by atoms with van der Waals surface area (Å²) < 4.78 is 13.7. The van der Waals surface area contributed by atoms with Crippen molar-refractivity contribution in [3.05, 3.63) is 28.2 Å². The van der Waals surface area contributed by atoms with E-state index >= 15 is 0 Å². The molecule has 72 valence electrons. The highest BCUT2D eigenvalue weighted by Crippen LogP contribution is 2.18. The Hall–Kier alpha value is -0.520. The zero-order valence-electron chi connectivity index (χ0n) is 6.87. The van der Waals surface area contributed by atoms with Crippen LogP contribution in [-0.2, 0) is 0 Å². The van der Waals surface area contributed by atoms with Gasteiger partial charge in [-0.15, -0.1) is 0 Å². The van der Waals surface area contributed by atoms with Gasteiger partial charge in [-0.25, -0.2) is 4.39 Å². The minimum atomic E-state index is -0.543. The fourth-order valence-corrected chi connectivity index (χ4v) is 1.28. The van der Waals surface area contributed by atoms with Gasteiger partial charge < -0.3 is 10.8 Å². The lowest BCUT2D eigenvalue weighted by atomic mass is 10.1. The van der Waals surface area contributed by atoms with Crippen molar-refractivity contribution < 1.29 is 9.50 Å². The first-order chi connectivity index (χ1) is 6.15. The van der Waals surface area contributed by atoms with Gasteiger partial charge in [0.2, 0.25) is 0 Å². The Balaban J connectivity index is 2.88. The van der Waals surface area contributed by atoms with Crippen LogP contribution >= 0.6 is 15.9 Å². The zero-order chi connectivity index (χ0) is 9.84. The van der Waals surface area contributed by atoms with Crippen LogP contribution in [0.3, 0.4) is 0 Å². The Kier molecular flexibility index (Phi) is 3.77. The number of rotatable bonds is 3. The quantitative estimate of drug-likeness (QED) is 0.850. The van der Waals surface area contributed by atoms with E-state index in [9.17, 15) is 4.39 Å². The molecule has 0 bridgehead atoms. The number of halogens is 2. The minimum absolute atomic E-state index is 0.0711. The Labute approximate surface area is 83.9 Å². The highest BCUT2D eigenvalue weighted by molar-refractivity contribution is 9.10. The molecule has 0 aliphatic carbocycles. The van der Waals surface area contributed by atoms with Crippen molar-refractivity contribution in [1.29, 1.82) is 0 Å². The van der Waals surface area contributed by atoms with Gasteiger partial charge in [0.1, 0.15) is 5.82 Å². The summed E-state index contributed by atoms with van der Waals surface area (Å²) in [5, 5.41) is 8.60. The van der Waals surface area contributed by atoms with Gasteiger partial charge in [0.25, 0.3) is 0 Å². The number of aliphatic hydroxyl groups excluding tert-OH is 1. The SMILES string of the molecule is N[C@@H](CCO)c1ncc(Br)cc1F. The summed E-state index contributed by atoms with van der Waals surface area (Å²) in [7, 11) is 0. The van der Waals surface area contributed by atoms with E-state index in [2.05, 4.69) is 20.9 Å². The van der Waals surface area contributed by atoms with Gasteiger partial charge in [-0.3, -0.25) is 4.98 Å². The van der Waals surface area contributed by atoms with Crippen molar-refractivity contribution in [2.24, 2.45) is 5.73 Å². The molecule has 5 heteroatoms. The van der Waals surface area contributed by atoms with E-state index < -0.39 is 11.9 Å². The number of pyridine rings is 1. The molecule has 0 spiro atoms. The van der Waals surface area contributed by atoms with Crippen LogP contribution in [0.2, 0.25) is 0 Å². The molecule has 0 aliphatic heterocycles. The third kappa shape index (κ3) is 2.72. The second-order valence-corrected chi connectivity index (χ2v) is 3.56. The molecule has 13 heavy (non-hydrogen) atoms. The monoisotopic (exact) mass is 248 g/mol. The van der Waals surface area contributed by atoms with Gasteiger partial charge in [-0.1, -0.05) is 0 Å². The van der Waals surface area contributed by atoms with E-state index in [1.807, 2.05) is 0 Å². The van der Waals surface area contributed by atoms with Gasteiger partial charge in [-0.2, -0.15) is 0 Å². The lowest BCUT2D eigenvalue weighted by Crippen LogP contribution is -2.15. The molecule has 1 aromatic heterocycles. The lowest BCUT2D eigenvalue weighted by molar-refractivity contribution is 0.274. The molecule has 0 fully saturated rings. The van der Waals surface area contributed by atoms with Crippen molar-refractivity contribution in [3.63, 3.8) is 0 Å². The molecule has 1 heterocycles. The largest absolute Gasteiger partial charge is 0.396 e. The summed E-state index contributed by atoms with van der Waals surface area (Å²) in [6.07, 6.45) is 1.79. The average Bonchev–Trinajstić information content (AvgIpc) is 2.04. The molecule has 0 saturated carbocycles. The van der Waals surface area contributed by atoms with E-state index in [0.29, 0.717) is 10.9 Å². The average molecular weight is 249 g/mol. The normalized spacial score (nSPS) is 12.9. The molecule has 1 atom stereocenters.